The lowest BCUT2D eigenvalue weighted by Crippen LogP contribution is -2.24. The predicted molar refractivity (Wildman–Crippen MR) is 75.6 cm³/mol. The monoisotopic (exact) mass is 229 g/mol. The maximum absolute atomic E-state index is 6.12. The van der Waals surface area contributed by atoms with Crippen molar-refractivity contribution in [2.45, 2.75) is 40.0 Å². The molecule has 0 saturated heterocycles. The molecule has 0 aliphatic heterocycles. The Bertz CT molecular complexity index is 423. The number of anilines is 1. The maximum Gasteiger partial charge on any atom is 0.0390 e. The van der Waals surface area contributed by atoms with E-state index in [-0.39, 0.29) is 0 Å². The second-order valence-electron chi connectivity index (χ2n) is 6.10. The van der Waals surface area contributed by atoms with Crippen LogP contribution in [0.1, 0.15) is 45.6 Å². The summed E-state index contributed by atoms with van der Waals surface area (Å²) in [5, 5.41) is 0. The van der Waals surface area contributed by atoms with Crippen molar-refractivity contribution in [3.63, 3.8) is 0 Å². The number of hydrogen-bond acceptors (Lipinski definition) is 1. The van der Waals surface area contributed by atoms with E-state index in [1.807, 2.05) is 12.1 Å². The molecule has 0 fully saturated rings. The van der Waals surface area contributed by atoms with Gasteiger partial charge >= 0.3 is 0 Å². The molecule has 2 N–H and O–H groups in total. The first-order chi connectivity index (χ1) is 8.00. The van der Waals surface area contributed by atoms with Gasteiger partial charge in [0.05, 0.1) is 0 Å². The van der Waals surface area contributed by atoms with E-state index in [2.05, 4.69) is 39.0 Å². The third-order valence-corrected chi connectivity index (χ3v) is 3.75. The summed E-state index contributed by atoms with van der Waals surface area (Å²) >= 11 is 0. The summed E-state index contributed by atoms with van der Waals surface area (Å²) in [6.45, 7) is 6.99. The van der Waals surface area contributed by atoms with Gasteiger partial charge in [0.25, 0.3) is 0 Å². The Labute approximate surface area is 105 Å². The quantitative estimate of drug-likeness (QED) is 0.705. The van der Waals surface area contributed by atoms with Gasteiger partial charge in [-0.1, -0.05) is 45.0 Å². The van der Waals surface area contributed by atoms with Crippen LogP contribution in [0, 0.1) is 11.3 Å². The first-order valence-corrected chi connectivity index (χ1v) is 6.55. The first kappa shape index (κ1) is 12.2. The fourth-order valence-corrected chi connectivity index (χ4v) is 2.83. The Balaban J connectivity index is 2.42. The van der Waals surface area contributed by atoms with Crippen molar-refractivity contribution in [2.24, 2.45) is 11.3 Å². The smallest absolute Gasteiger partial charge is 0.0390 e. The molecule has 1 aromatic rings. The van der Waals surface area contributed by atoms with Crippen molar-refractivity contribution in [1.29, 1.82) is 0 Å². The highest BCUT2D eigenvalue weighted by Crippen LogP contribution is 2.44. The van der Waals surface area contributed by atoms with Gasteiger partial charge in [-0.2, -0.15) is 0 Å². The highest BCUT2D eigenvalue weighted by molar-refractivity contribution is 5.77. The van der Waals surface area contributed by atoms with Gasteiger partial charge in [0.1, 0.15) is 0 Å². The summed E-state index contributed by atoms with van der Waals surface area (Å²) in [7, 11) is 0. The normalized spacial score (nSPS) is 21.1. The molecule has 2 rings (SSSR count). The van der Waals surface area contributed by atoms with Crippen molar-refractivity contribution in [3.8, 4) is 0 Å². The van der Waals surface area contributed by atoms with E-state index in [0.717, 1.165) is 5.69 Å². The lowest BCUT2D eigenvalue weighted by Gasteiger charge is -2.36. The van der Waals surface area contributed by atoms with Crippen LogP contribution in [0.4, 0.5) is 5.69 Å². The molecule has 1 atom stereocenters. The Morgan fingerprint density at radius 1 is 1.18 bits per heavy atom. The second-order valence-corrected chi connectivity index (χ2v) is 6.10. The third kappa shape index (κ3) is 2.54. The maximum atomic E-state index is 6.12. The summed E-state index contributed by atoms with van der Waals surface area (Å²) in [6, 6.07) is 8.25. The van der Waals surface area contributed by atoms with Crippen molar-refractivity contribution in [1.82, 2.24) is 0 Å². The van der Waals surface area contributed by atoms with Crippen LogP contribution in [0.15, 0.2) is 30.3 Å². The Hall–Kier alpha value is -1.24. The minimum atomic E-state index is 0.314. The molecule has 0 bridgehead atoms. The molecule has 1 unspecified atom stereocenters. The van der Waals surface area contributed by atoms with E-state index in [1.165, 1.54) is 30.4 Å². The molecule has 0 heterocycles. The number of hydrogen-bond donors (Lipinski definition) is 1. The second kappa shape index (κ2) is 4.56. The highest BCUT2D eigenvalue weighted by Gasteiger charge is 2.30. The first-order valence-electron chi connectivity index (χ1n) is 6.55. The van der Waals surface area contributed by atoms with Crippen LogP contribution in [0.25, 0.3) is 5.57 Å². The molecule has 1 aliphatic carbocycles. The van der Waals surface area contributed by atoms with Gasteiger partial charge in [0.15, 0.2) is 0 Å². The minimum Gasteiger partial charge on any atom is -0.398 e. The van der Waals surface area contributed by atoms with Gasteiger partial charge in [0, 0.05) is 11.3 Å². The Morgan fingerprint density at radius 3 is 2.53 bits per heavy atom. The Morgan fingerprint density at radius 2 is 1.88 bits per heavy atom. The van der Waals surface area contributed by atoms with E-state index < -0.39 is 0 Å². The van der Waals surface area contributed by atoms with Crippen LogP contribution in [0.3, 0.4) is 0 Å². The van der Waals surface area contributed by atoms with Crippen LogP contribution in [0.5, 0.6) is 0 Å². The van der Waals surface area contributed by atoms with Crippen LogP contribution < -0.4 is 5.73 Å². The molecule has 1 heteroatoms. The van der Waals surface area contributed by atoms with Crippen LogP contribution in [0.2, 0.25) is 0 Å². The molecule has 92 valence electrons. The van der Waals surface area contributed by atoms with Gasteiger partial charge in [-0.25, -0.2) is 0 Å². The summed E-state index contributed by atoms with van der Waals surface area (Å²) in [5.74, 6) is 0.626. The zero-order chi connectivity index (χ0) is 12.5. The lowest BCUT2D eigenvalue weighted by atomic mass is 9.69. The molecule has 1 aliphatic rings. The number of para-hydroxylation sites is 1. The molecule has 1 nitrogen and oxygen atoms in total. The molecule has 0 saturated carbocycles. The van der Waals surface area contributed by atoms with Crippen molar-refractivity contribution >= 4 is 11.3 Å². The van der Waals surface area contributed by atoms with Gasteiger partial charge in [-0.15, -0.1) is 0 Å². The summed E-state index contributed by atoms with van der Waals surface area (Å²) < 4.78 is 0. The fraction of sp³-hybridized carbons (Fsp3) is 0.500. The van der Waals surface area contributed by atoms with Gasteiger partial charge in [-0.05, 0) is 42.2 Å². The minimum absolute atomic E-state index is 0.314. The number of nitrogens with two attached hydrogens (primary N) is 1. The van der Waals surface area contributed by atoms with Gasteiger partial charge in [0.2, 0.25) is 0 Å². The van der Waals surface area contributed by atoms with Gasteiger partial charge in [-0.3, -0.25) is 0 Å². The van der Waals surface area contributed by atoms with Crippen LogP contribution in [-0.2, 0) is 0 Å². The van der Waals surface area contributed by atoms with E-state index in [4.69, 9.17) is 5.73 Å². The van der Waals surface area contributed by atoms with E-state index in [0.29, 0.717) is 11.3 Å². The van der Waals surface area contributed by atoms with E-state index in [1.54, 1.807) is 0 Å². The van der Waals surface area contributed by atoms with Crippen LogP contribution in [-0.4, -0.2) is 0 Å². The molecular formula is C16H23N. The molecule has 0 radical (unpaired) electrons. The summed E-state index contributed by atoms with van der Waals surface area (Å²) in [6.07, 6.45) is 6.17. The van der Waals surface area contributed by atoms with E-state index >= 15 is 0 Å². The van der Waals surface area contributed by atoms with E-state index in [9.17, 15) is 0 Å². The average Bonchev–Trinajstić information content (AvgIpc) is 2.28. The zero-order valence-corrected chi connectivity index (χ0v) is 11.2. The van der Waals surface area contributed by atoms with Crippen molar-refractivity contribution < 1.29 is 0 Å². The standard InChI is InChI=1S/C16H23N/c1-16(2,3)14-10-6-4-8-12(14)13-9-5-7-11-15(13)17/h5,7-9,11,14H,4,6,10,17H2,1-3H3. The molecule has 17 heavy (non-hydrogen) atoms. The summed E-state index contributed by atoms with van der Waals surface area (Å²) in [5.41, 5.74) is 10.0. The highest BCUT2D eigenvalue weighted by atomic mass is 14.6. The molecule has 0 spiro atoms. The lowest BCUT2D eigenvalue weighted by molar-refractivity contribution is 0.278. The molecule has 0 aromatic heterocycles. The average molecular weight is 229 g/mol. The van der Waals surface area contributed by atoms with Crippen molar-refractivity contribution in [2.75, 3.05) is 5.73 Å². The topological polar surface area (TPSA) is 26.0 Å². The third-order valence-electron chi connectivity index (χ3n) is 3.75. The number of nitrogen functional groups attached to an aromatic ring is 1. The number of allylic oxidation sites excluding steroid dienone is 2. The Kier molecular flexibility index (Phi) is 3.28. The number of benzene rings is 1. The zero-order valence-electron chi connectivity index (χ0n) is 11.2. The molecular weight excluding hydrogens is 206 g/mol. The van der Waals surface area contributed by atoms with Crippen molar-refractivity contribution in [3.05, 3.63) is 35.9 Å². The SMILES string of the molecule is CC(C)(C)C1CCCC=C1c1ccccc1N. The van der Waals surface area contributed by atoms with Crippen LogP contribution >= 0.6 is 0 Å². The number of rotatable bonds is 1. The molecule has 0 amide bonds. The fourth-order valence-electron chi connectivity index (χ4n) is 2.83. The molecule has 1 aromatic carbocycles. The van der Waals surface area contributed by atoms with Gasteiger partial charge < -0.3 is 5.73 Å². The predicted octanol–water partition coefficient (Wildman–Crippen LogP) is 4.50. The summed E-state index contributed by atoms with van der Waals surface area (Å²) in [4.78, 5) is 0. The largest absolute Gasteiger partial charge is 0.398 e.